The summed E-state index contributed by atoms with van der Waals surface area (Å²) in [5.41, 5.74) is -0.0412. The van der Waals surface area contributed by atoms with Crippen molar-refractivity contribution in [3.8, 4) is 23.4 Å². The van der Waals surface area contributed by atoms with Gasteiger partial charge in [0.25, 0.3) is 0 Å². The number of aromatic amines is 1. The number of hydrogen-bond donors (Lipinski definition) is 1. The Hall–Kier alpha value is -3.80. The Balaban J connectivity index is 1.78. The van der Waals surface area contributed by atoms with Gasteiger partial charge >= 0.3 is 11.9 Å². The van der Waals surface area contributed by atoms with Gasteiger partial charge < -0.3 is 14.5 Å². The molecular weight excluding hydrogens is 387 g/mol. The minimum absolute atomic E-state index is 0.0375. The van der Waals surface area contributed by atoms with Crippen LogP contribution in [-0.2, 0) is 12.8 Å². The van der Waals surface area contributed by atoms with Crippen molar-refractivity contribution in [3.63, 3.8) is 0 Å². The third-order valence-corrected chi connectivity index (χ3v) is 3.88. The van der Waals surface area contributed by atoms with Gasteiger partial charge in [0.1, 0.15) is 24.2 Å². The number of rotatable bonds is 5. The number of halogens is 3. The summed E-state index contributed by atoms with van der Waals surface area (Å²) in [6, 6.07) is 10.9. The minimum Gasteiger partial charge on any atom is -0.472 e. The lowest BCUT2D eigenvalue weighted by Gasteiger charge is -2.12. The molecule has 0 atom stereocenters. The van der Waals surface area contributed by atoms with Crippen LogP contribution in [0.4, 0.5) is 13.2 Å². The van der Waals surface area contributed by atoms with Crippen molar-refractivity contribution in [1.29, 1.82) is 5.26 Å². The summed E-state index contributed by atoms with van der Waals surface area (Å²) < 4.78 is 49.5. The van der Waals surface area contributed by atoms with Crippen LogP contribution in [-0.4, -0.2) is 9.97 Å². The monoisotopic (exact) mass is 401 g/mol. The van der Waals surface area contributed by atoms with Crippen molar-refractivity contribution >= 4 is 0 Å². The lowest BCUT2D eigenvalue weighted by atomic mass is 10.1. The Labute approximate surface area is 163 Å². The Kier molecular flexibility index (Phi) is 5.54. The van der Waals surface area contributed by atoms with Crippen LogP contribution in [0, 0.1) is 18.3 Å². The number of alkyl halides is 3. The standard InChI is InChI=1S/C20H14F3N3O3/c1-12-10-25-19(27)26-18(12)28-11-13-5-6-17(14(7-13)9-24)29-16-4-2-3-15(8-16)20(21,22)23/h2-8,10H,11H2,1H3,(H,25,26,27). The Morgan fingerprint density at radius 1 is 1.21 bits per heavy atom. The smallest absolute Gasteiger partial charge is 0.416 e. The summed E-state index contributed by atoms with van der Waals surface area (Å²) in [6.07, 6.45) is -3.03. The van der Waals surface area contributed by atoms with E-state index < -0.39 is 17.4 Å². The van der Waals surface area contributed by atoms with Crippen molar-refractivity contribution < 1.29 is 22.6 Å². The molecule has 3 aromatic rings. The van der Waals surface area contributed by atoms with Gasteiger partial charge in [-0.25, -0.2) is 4.79 Å². The van der Waals surface area contributed by atoms with Crippen molar-refractivity contribution in [2.75, 3.05) is 0 Å². The lowest BCUT2D eigenvalue weighted by Crippen LogP contribution is -2.12. The molecule has 0 spiro atoms. The fraction of sp³-hybridized carbons (Fsp3) is 0.150. The second kappa shape index (κ2) is 8.06. The lowest BCUT2D eigenvalue weighted by molar-refractivity contribution is -0.137. The second-order valence-electron chi connectivity index (χ2n) is 6.05. The number of nitriles is 1. The molecule has 0 unspecified atom stereocenters. The number of benzene rings is 2. The highest BCUT2D eigenvalue weighted by atomic mass is 19.4. The summed E-state index contributed by atoms with van der Waals surface area (Å²) in [7, 11) is 0. The topological polar surface area (TPSA) is 88.0 Å². The number of aromatic nitrogens is 2. The van der Waals surface area contributed by atoms with Crippen molar-refractivity contribution in [1.82, 2.24) is 9.97 Å². The van der Waals surface area contributed by atoms with E-state index in [1.807, 2.05) is 6.07 Å². The average molecular weight is 401 g/mol. The molecule has 1 heterocycles. The van der Waals surface area contributed by atoms with Gasteiger partial charge in [-0.05, 0) is 42.8 Å². The van der Waals surface area contributed by atoms with E-state index in [-0.39, 0.29) is 29.5 Å². The molecule has 148 valence electrons. The SMILES string of the molecule is Cc1c[nH]c(=O)nc1OCc1ccc(Oc2cccc(C(F)(F)F)c2)c(C#N)c1. The van der Waals surface area contributed by atoms with Gasteiger partial charge in [0.05, 0.1) is 11.1 Å². The predicted molar refractivity (Wildman–Crippen MR) is 96.6 cm³/mol. The number of nitrogens with one attached hydrogen (secondary N) is 1. The first-order valence-electron chi connectivity index (χ1n) is 8.33. The van der Waals surface area contributed by atoms with Crippen LogP contribution in [0.3, 0.4) is 0 Å². The quantitative estimate of drug-likeness (QED) is 0.687. The maximum absolute atomic E-state index is 12.8. The first-order valence-corrected chi connectivity index (χ1v) is 8.33. The molecule has 0 aliphatic carbocycles. The van der Waals surface area contributed by atoms with Crippen LogP contribution in [0.15, 0.2) is 53.5 Å². The molecule has 1 N–H and O–H groups in total. The van der Waals surface area contributed by atoms with Crippen LogP contribution in [0.1, 0.15) is 22.3 Å². The van der Waals surface area contributed by atoms with E-state index in [1.165, 1.54) is 30.5 Å². The molecule has 29 heavy (non-hydrogen) atoms. The summed E-state index contributed by atoms with van der Waals surface area (Å²) in [6.45, 7) is 1.75. The minimum atomic E-state index is -4.50. The second-order valence-corrected chi connectivity index (χ2v) is 6.05. The normalized spacial score (nSPS) is 11.0. The molecule has 6 nitrogen and oxygen atoms in total. The Morgan fingerprint density at radius 2 is 2.00 bits per heavy atom. The van der Waals surface area contributed by atoms with Crippen LogP contribution < -0.4 is 15.2 Å². The molecule has 0 saturated heterocycles. The molecule has 2 aromatic carbocycles. The van der Waals surface area contributed by atoms with E-state index in [0.717, 1.165) is 12.1 Å². The zero-order chi connectivity index (χ0) is 21.0. The molecule has 0 bridgehead atoms. The predicted octanol–water partition coefficient (Wildman–Crippen LogP) is 4.34. The third kappa shape index (κ3) is 4.93. The molecule has 9 heteroatoms. The zero-order valence-corrected chi connectivity index (χ0v) is 15.1. The number of ether oxygens (including phenoxy) is 2. The molecule has 0 saturated carbocycles. The number of aryl methyl sites for hydroxylation is 1. The Morgan fingerprint density at radius 3 is 2.72 bits per heavy atom. The van der Waals surface area contributed by atoms with Crippen LogP contribution in [0.2, 0.25) is 0 Å². The van der Waals surface area contributed by atoms with E-state index in [0.29, 0.717) is 11.1 Å². The summed E-state index contributed by atoms with van der Waals surface area (Å²) >= 11 is 0. The maximum atomic E-state index is 12.8. The van der Waals surface area contributed by atoms with E-state index in [4.69, 9.17) is 9.47 Å². The first-order chi connectivity index (χ1) is 13.8. The highest BCUT2D eigenvalue weighted by Crippen LogP contribution is 2.33. The molecule has 0 aliphatic rings. The van der Waals surface area contributed by atoms with E-state index in [1.54, 1.807) is 13.0 Å². The number of hydrogen-bond acceptors (Lipinski definition) is 5. The fourth-order valence-corrected chi connectivity index (χ4v) is 2.45. The highest BCUT2D eigenvalue weighted by Gasteiger charge is 2.30. The number of H-pyrrole nitrogens is 1. The van der Waals surface area contributed by atoms with Gasteiger partial charge in [-0.2, -0.15) is 23.4 Å². The van der Waals surface area contributed by atoms with Crippen molar-refractivity contribution in [2.24, 2.45) is 0 Å². The van der Waals surface area contributed by atoms with Crippen LogP contribution in [0.5, 0.6) is 17.4 Å². The van der Waals surface area contributed by atoms with Crippen LogP contribution in [0.25, 0.3) is 0 Å². The largest absolute Gasteiger partial charge is 0.472 e. The number of nitrogens with zero attached hydrogens (tertiary/aromatic N) is 2. The summed E-state index contributed by atoms with van der Waals surface area (Å²) in [5.74, 6) is 0.237. The Bertz CT molecular complexity index is 1130. The van der Waals surface area contributed by atoms with Gasteiger partial charge in [-0.15, -0.1) is 0 Å². The first kappa shape index (κ1) is 19.9. The van der Waals surface area contributed by atoms with E-state index >= 15 is 0 Å². The van der Waals surface area contributed by atoms with Crippen LogP contribution >= 0.6 is 0 Å². The van der Waals surface area contributed by atoms with Crippen molar-refractivity contribution in [3.05, 3.63) is 81.4 Å². The summed E-state index contributed by atoms with van der Waals surface area (Å²) in [4.78, 5) is 17.4. The maximum Gasteiger partial charge on any atom is 0.416 e. The molecule has 1 aromatic heterocycles. The molecule has 0 aliphatic heterocycles. The molecule has 0 amide bonds. The average Bonchev–Trinajstić information content (AvgIpc) is 2.69. The molecular formula is C20H14F3N3O3. The summed E-state index contributed by atoms with van der Waals surface area (Å²) in [5, 5.41) is 9.36. The molecule has 0 radical (unpaired) electrons. The fourth-order valence-electron chi connectivity index (χ4n) is 2.45. The van der Waals surface area contributed by atoms with Gasteiger partial charge in [0.2, 0.25) is 5.88 Å². The zero-order valence-electron chi connectivity index (χ0n) is 15.1. The van der Waals surface area contributed by atoms with Gasteiger partial charge in [0.15, 0.2) is 0 Å². The molecule has 0 fully saturated rings. The highest BCUT2D eigenvalue weighted by molar-refractivity contribution is 5.48. The van der Waals surface area contributed by atoms with Crippen molar-refractivity contribution in [2.45, 2.75) is 19.7 Å². The van der Waals surface area contributed by atoms with E-state index in [9.17, 15) is 23.2 Å². The molecule has 3 rings (SSSR count). The van der Waals surface area contributed by atoms with Gasteiger partial charge in [-0.1, -0.05) is 12.1 Å². The van der Waals surface area contributed by atoms with E-state index in [2.05, 4.69) is 9.97 Å². The third-order valence-electron chi connectivity index (χ3n) is 3.88. The van der Waals surface area contributed by atoms with Gasteiger partial charge in [0, 0.05) is 11.8 Å². The van der Waals surface area contributed by atoms with Gasteiger partial charge in [-0.3, -0.25) is 0 Å².